The van der Waals surface area contributed by atoms with Crippen LogP contribution in [0.5, 0.6) is 0 Å². The maximum absolute atomic E-state index is 11.6. The number of esters is 1. The van der Waals surface area contributed by atoms with Crippen molar-refractivity contribution in [3.8, 4) is 0 Å². The van der Waals surface area contributed by atoms with E-state index >= 15 is 0 Å². The first-order valence-corrected chi connectivity index (χ1v) is 6.72. The molecule has 1 N–H and O–H groups in total. The molecule has 2 aliphatic rings. The Hall–Kier alpha value is -0.610. The Morgan fingerprint density at radius 3 is 2.41 bits per heavy atom. The van der Waals surface area contributed by atoms with E-state index in [4.69, 9.17) is 9.47 Å². The summed E-state index contributed by atoms with van der Waals surface area (Å²) in [4.78, 5) is 11.6. The summed E-state index contributed by atoms with van der Waals surface area (Å²) in [5.74, 6) is -0.204. The molecule has 1 saturated carbocycles. The summed E-state index contributed by atoms with van der Waals surface area (Å²) in [5.41, 5.74) is -0.164. The zero-order valence-electron chi connectivity index (χ0n) is 10.7. The number of nitrogens with one attached hydrogen (secondary N) is 1. The molecule has 0 atom stereocenters. The number of carbonyl (C=O) groups excluding carboxylic acids is 1. The summed E-state index contributed by atoms with van der Waals surface area (Å²) >= 11 is 0. The SMILES string of the molecule is CC1(OCC(=O)OC2CCCCCC2)CNC1. The van der Waals surface area contributed by atoms with E-state index in [1.54, 1.807) is 0 Å². The summed E-state index contributed by atoms with van der Waals surface area (Å²) in [5, 5.41) is 3.14. The average molecular weight is 241 g/mol. The second kappa shape index (κ2) is 5.83. The zero-order valence-corrected chi connectivity index (χ0v) is 10.7. The molecule has 4 nitrogen and oxygen atoms in total. The van der Waals surface area contributed by atoms with Crippen LogP contribution in [0.4, 0.5) is 0 Å². The number of hydrogen-bond acceptors (Lipinski definition) is 4. The largest absolute Gasteiger partial charge is 0.461 e. The number of rotatable bonds is 4. The highest BCUT2D eigenvalue weighted by molar-refractivity contribution is 5.71. The van der Waals surface area contributed by atoms with Crippen LogP contribution >= 0.6 is 0 Å². The Labute approximate surface area is 103 Å². The van der Waals surface area contributed by atoms with E-state index in [0.717, 1.165) is 25.9 Å². The second-order valence-corrected chi connectivity index (χ2v) is 5.45. The summed E-state index contributed by atoms with van der Waals surface area (Å²) < 4.78 is 11.0. The summed E-state index contributed by atoms with van der Waals surface area (Å²) in [7, 11) is 0. The van der Waals surface area contributed by atoms with E-state index in [2.05, 4.69) is 5.32 Å². The van der Waals surface area contributed by atoms with Crippen LogP contribution in [0.2, 0.25) is 0 Å². The molecule has 2 fully saturated rings. The van der Waals surface area contributed by atoms with Gasteiger partial charge in [0.1, 0.15) is 12.7 Å². The lowest BCUT2D eigenvalue weighted by Gasteiger charge is -2.38. The maximum atomic E-state index is 11.6. The predicted molar refractivity (Wildman–Crippen MR) is 64.8 cm³/mol. The zero-order chi connectivity index (χ0) is 12.1. The number of ether oxygens (including phenoxy) is 2. The molecule has 98 valence electrons. The fourth-order valence-corrected chi connectivity index (χ4v) is 2.39. The van der Waals surface area contributed by atoms with Crippen molar-refractivity contribution in [1.82, 2.24) is 5.32 Å². The molecular weight excluding hydrogens is 218 g/mol. The van der Waals surface area contributed by atoms with Gasteiger partial charge in [-0.25, -0.2) is 4.79 Å². The standard InChI is InChI=1S/C13H23NO3/c1-13(9-14-10-13)16-8-12(15)17-11-6-4-2-3-5-7-11/h11,14H,2-10H2,1H3. The van der Waals surface area contributed by atoms with E-state index in [1.807, 2.05) is 6.92 Å². The number of hydrogen-bond donors (Lipinski definition) is 1. The van der Waals surface area contributed by atoms with Gasteiger partial charge in [0.15, 0.2) is 0 Å². The Balaban J connectivity index is 1.65. The van der Waals surface area contributed by atoms with Crippen LogP contribution in [-0.4, -0.2) is 37.4 Å². The van der Waals surface area contributed by atoms with Gasteiger partial charge in [0, 0.05) is 13.1 Å². The minimum Gasteiger partial charge on any atom is -0.461 e. The molecule has 0 spiro atoms. The Bertz CT molecular complexity index is 255. The van der Waals surface area contributed by atoms with E-state index in [1.165, 1.54) is 25.7 Å². The molecule has 1 saturated heterocycles. The lowest BCUT2D eigenvalue weighted by atomic mass is 10.0. The van der Waals surface area contributed by atoms with E-state index in [-0.39, 0.29) is 24.3 Å². The highest BCUT2D eigenvalue weighted by Gasteiger charge is 2.33. The molecule has 0 aromatic rings. The van der Waals surface area contributed by atoms with Crippen LogP contribution in [0.15, 0.2) is 0 Å². The van der Waals surface area contributed by atoms with Gasteiger partial charge in [0.05, 0.1) is 5.60 Å². The van der Waals surface area contributed by atoms with Crippen molar-refractivity contribution in [1.29, 1.82) is 0 Å². The van der Waals surface area contributed by atoms with Crippen molar-refractivity contribution in [2.45, 2.75) is 57.2 Å². The van der Waals surface area contributed by atoms with Crippen molar-refractivity contribution in [3.63, 3.8) is 0 Å². The van der Waals surface area contributed by atoms with E-state index < -0.39 is 0 Å². The minimum absolute atomic E-state index is 0.0919. The molecular formula is C13H23NO3. The molecule has 0 aromatic heterocycles. The van der Waals surface area contributed by atoms with Crippen LogP contribution in [0.1, 0.15) is 45.4 Å². The molecule has 1 aliphatic carbocycles. The third-order valence-electron chi connectivity index (χ3n) is 3.64. The third-order valence-corrected chi connectivity index (χ3v) is 3.64. The lowest BCUT2D eigenvalue weighted by Crippen LogP contribution is -2.59. The minimum atomic E-state index is -0.204. The van der Waals surface area contributed by atoms with Crippen molar-refractivity contribution in [3.05, 3.63) is 0 Å². The van der Waals surface area contributed by atoms with Crippen LogP contribution in [-0.2, 0) is 14.3 Å². The van der Waals surface area contributed by atoms with Gasteiger partial charge in [-0.05, 0) is 32.6 Å². The predicted octanol–water partition coefficient (Wildman–Crippen LogP) is 1.63. The lowest BCUT2D eigenvalue weighted by molar-refractivity contribution is -0.164. The van der Waals surface area contributed by atoms with Gasteiger partial charge in [-0.15, -0.1) is 0 Å². The molecule has 0 amide bonds. The number of carbonyl (C=O) groups is 1. The monoisotopic (exact) mass is 241 g/mol. The van der Waals surface area contributed by atoms with Crippen molar-refractivity contribution < 1.29 is 14.3 Å². The molecule has 0 unspecified atom stereocenters. The van der Waals surface area contributed by atoms with Gasteiger partial charge < -0.3 is 14.8 Å². The molecule has 4 heteroatoms. The van der Waals surface area contributed by atoms with Crippen LogP contribution in [0.25, 0.3) is 0 Å². The topological polar surface area (TPSA) is 47.6 Å². The average Bonchev–Trinajstić information content (AvgIpc) is 2.52. The molecule has 2 rings (SSSR count). The molecule has 0 aromatic carbocycles. The Morgan fingerprint density at radius 1 is 1.24 bits per heavy atom. The van der Waals surface area contributed by atoms with E-state index in [9.17, 15) is 4.79 Å². The summed E-state index contributed by atoms with van der Waals surface area (Å²) in [6, 6.07) is 0. The first kappa shape index (κ1) is 12.8. The highest BCUT2D eigenvalue weighted by Crippen LogP contribution is 2.20. The van der Waals surface area contributed by atoms with Gasteiger partial charge in [0.2, 0.25) is 0 Å². The van der Waals surface area contributed by atoms with Crippen LogP contribution < -0.4 is 5.32 Å². The van der Waals surface area contributed by atoms with Gasteiger partial charge in [-0.1, -0.05) is 12.8 Å². The van der Waals surface area contributed by atoms with Crippen molar-refractivity contribution in [2.24, 2.45) is 0 Å². The molecule has 0 bridgehead atoms. The smallest absolute Gasteiger partial charge is 0.332 e. The normalized spacial score (nSPS) is 24.8. The van der Waals surface area contributed by atoms with Gasteiger partial charge in [-0.3, -0.25) is 0 Å². The van der Waals surface area contributed by atoms with Crippen LogP contribution in [0, 0.1) is 0 Å². The summed E-state index contributed by atoms with van der Waals surface area (Å²) in [6.07, 6.45) is 7.07. The third kappa shape index (κ3) is 3.96. The first-order chi connectivity index (χ1) is 8.18. The molecule has 0 radical (unpaired) electrons. The first-order valence-electron chi connectivity index (χ1n) is 6.72. The fourth-order valence-electron chi connectivity index (χ4n) is 2.39. The summed E-state index contributed by atoms with van der Waals surface area (Å²) in [6.45, 7) is 3.75. The fraction of sp³-hybridized carbons (Fsp3) is 0.923. The quantitative estimate of drug-likeness (QED) is 0.600. The van der Waals surface area contributed by atoms with Crippen molar-refractivity contribution in [2.75, 3.05) is 19.7 Å². The maximum Gasteiger partial charge on any atom is 0.332 e. The van der Waals surface area contributed by atoms with Gasteiger partial charge in [-0.2, -0.15) is 0 Å². The van der Waals surface area contributed by atoms with Crippen molar-refractivity contribution >= 4 is 5.97 Å². The molecule has 17 heavy (non-hydrogen) atoms. The molecule has 1 aliphatic heterocycles. The second-order valence-electron chi connectivity index (χ2n) is 5.45. The van der Waals surface area contributed by atoms with E-state index in [0.29, 0.717) is 0 Å². The Kier molecular flexibility index (Phi) is 4.40. The highest BCUT2D eigenvalue weighted by atomic mass is 16.6. The van der Waals surface area contributed by atoms with Gasteiger partial charge >= 0.3 is 5.97 Å². The van der Waals surface area contributed by atoms with Gasteiger partial charge in [0.25, 0.3) is 0 Å². The molecule has 1 heterocycles. The Morgan fingerprint density at radius 2 is 1.88 bits per heavy atom. The van der Waals surface area contributed by atoms with Crippen LogP contribution in [0.3, 0.4) is 0 Å².